The monoisotopic (exact) mass is 2020 g/mol. The summed E-state index contributed by atoms with van der Waals surface area (Å²) in [6.07, 6.45) is 8.99. The second kappa shape index (κ2) is 46.5. The highest BCUT2D eigenvalue weighted by Crippen LogP contribution is 2.47. The lowest BCUT2D eigenvalue weighted by atomic mass is 10.1. The lowest BCUT2D eigenvalue weighted by Crippen LogP contribution is -2.50. The maximum absolute atomic E-state index is 14.1. The van der Waals surface area contributed by atoms with Gasteiger partial charge in [0, 0.05) is 128 Å². The summed E-state index contributed by atoms with van der Waals surface area (Å²) < 4.78 is 50.6. The average molecular weight is 2020 g/mol. The van der Waals surface area contributed by atoms with Crippen LogP contribution in [0.1, 0.15) is 165 Å². The molecule has 8 atom stereocenters. The molecule has 0 aromatic heterocycles. The van der Waals surface area contributed by atoms with Gasteiger partial charge in [-0.1, -0.05) is 78.9 Å². The van der Waals surface area contributed by atoms with E-state index in [9.17, 15) is 62.6 Å². The van der Waals surface area contributed by atoms with Gasteiger partial charge in [0.1, 0.15) is 44.0 Å². The number of aromatic hydroxyl groups is 1. The van der Waals surface area contributed by atoms with Gasteiger partial charge in [0.15, 0.2) is 46.0 Å². The predicted molar refractivity (Wildman–Crippen MR) is 554 cm³/mol. The molecule has 0 saturated carbocycles. The fraction of sp³-hybridized carbons (Fsp3) is 0.327. The number of hydrogen-bond acceptors (Lipinski definition) is 26. The van der Waals surface area contributed by atoms with E-state index in [2.05, 4.69) is 63.1 Å². The van der Waals surface area contributed by atoms with Crippen LogP contribution in [0.25, 0.3) is 0 Å². The van der Waals surface area contributed by atoms with Crippen LogP contribution in [0.3, 0.4) is 0 Å². The van der Waals surface area contributed by atoms with Crippen LogP contribution in [0.5, 0.6) is 46.0 Å². The third-order valence-corrected chi connectivity index (χ3v) is 26.8. The number of para-hydroxylation sites is 4. The Morgan fingerprint density at radius 2 is 0.714 bits per heavy atom. The van der Waals surface area contributed by atoms with Crippen molar-refractivity contribution in [1.29, 1.82) is 0 Å². The van der Waals surface area contributed by atoms with Gasteiger partial charge in [0.05, 0.1) is 112 Å². The molecule has 0 fully saturated rings. The third-order valence-electron chi connectivity index (χ3n) is 26.5. The molecule has 0 saturated heterocycles. The number of anilines is 8. The maximum atomic E-state index is 14.1. The Morgan fingerprint density at radius 3 is 1.11 bits per heavy atom. The van der Waals surface area contributed by atoms with E-state index in [0.29, 0.717) is 153 Å². The average Bonchev–Trinajstić information content (AvgIpc) is 1.62. The molecule has 10 aromatic rings. The molecule has 37 heteroatoms. The van der Waals surface area contributed by atoms with Gasteiger partial charge in [-0.2, -0.15) is 0 Å². The van der Waals surface area contributed by atoms with E-state index >= 15 is 0 Å². The van der Waals surface area contributed by atoms with Crippen LogP contribution in [-0.2, 0) is 99.2 Å². The van der Waals surface area contributed by atoms with Crippen LogP contribution in [0.15, 0.2) is 192 Å². The van der Waals surface area contributed by atoms with E-state index in [-0.39, 0.29) is 134 Å². The van der Waals surface area contributed by atoms with Gasteiger partial charge in [-0.05, 0) is 190 Å². The van der Waals surface area contributed by atoms with Gasteiger partial charge >= 0.3 is 11.9 Å². The molecule has 36 nitrogen and oxygen atoms in total. The number of aliphatic imine (C=N–C) groups is 2. The molecule has 147 heavy (non-hydrogen) atoms. The number of nitrogens with one attached hydrogen (secondary N) is 8. The number of nitrogens with zero attached hydrogens (tertiary/aromatic N) is 6. The van der Waals surface area contributed by atoms with Gasteiger partial charge in [-0.3, -0.25) is 77.3 Å². The second-order valence-corrected chi connectivity index (χ2v) is 36.9. The molecule has 9 N–H and O–H groups in total. The van der Waals surface area contributed by atoms with Crippen molar-refractivity contribution in [2.24, 2.45) is 9.98 Å². The van der Waals surface area contributed by atoms with Gasteiger partial charge in [-0.15, -0.1) is 11.6 Å². The Labute approximate surface area is 853 Å². The molecule has 8 aliphatic heterocycles. The van der Waals surface area contributed by atoms with Crippen LogP contribution in [0.4, 0.5) is 56.9 Å². The molecule has 0 spiro atoms. The number of ether oxygens (including phenoxy) is 9. The summed E-state index contributed by atoms with van der Waals surface area (Å²) >= 11 is 6.19. The molecule has 0 bridgehead atoms. The number of carbonyl (C=O) groups is 12. The number of carbonyl (C=O) groups excluding carboxylic acids is 12. The van der Waals surface area contributed by atoms with Crippen LogP contribution < -0.4 is 95.3 Å². The normalized spacial score (nSPS) is 16.5. The molecule has 8 aliphatic rings. The summed E-state index contributed by atoms with van der Waals surface area (Å²) in [5, 5.41) is 33.0. The van der Waals surface area contributed by atoms with E-state index in [1.165, 1.54) is 76.4 Å². The highest BCUT2D eigenvalue weighted by Gasteiger charge is 2.43. The number of halogens is 1. The molecule has 10 aromatic carbocycles. The minimum Gasteiger partial charge on any atom is -0.504 e. The maximum Gasteiger partial charge on any atom is 0.305 e. The number of phenolic OH excluding ortho intramolecular Hbond substituents is 1. The zero-order valence-electron chi connectivity index (χ0n) is 82.9. The SMILES string of the molecule is COC(=O)CCCCC(=O)N[C@@H](C)C(=O)N[C@@H](C)C(=O)Nc1cc(CCl)cc(COc2cc3c(cc2OC)C(=O)N2c4ccccc4C[C@H]2CN3)c1.COC(=O)CCCCC(=O)N[C@@H](C)C(=O)N[C@@H](C)C(=O)Nc1cc(COc2cc3c(cc2OC)C(=O)N2c4ccccc4C[C@H]2C=N3)cc(COc2cc3c(cc2OC)C(=O)N2c4ccccc4C[C@H]2CN3)c1.COc1cc2c(cc1O)N=C[C@@H]1Cc3ccccc3N1C2=O. The molecule has 0 radical (unpaired) electrons. The summed E-state index contributed by atoms with van der Waals surface area (Å²) in [7, 11) is 8.59. The quantitative estimate of drug-likeness (QED) is 0.0103. The van der Waals surface area contributed by atoms with Gasteiger partial charge in [0.25, 0.3) is 23.6 Å². The standard InChI is InChI=1S/C55H57N7O11.C38H44ClN5O8.C17H14N2O3/c1-31(58-50(63)16-10-11-17-51(64)71-5)52(65)59-32(2)53(66)60-37-19-33(29-72-48-25-42-40(23-46(48)69-3)54(67)61-38(27-56-42)21-35-12-6-8-14-44(35)61)18-34(20-37)30-73-49-26-43-41(24-47(49)70-4)55(68)62-39(28-57-43)22-36-13-7-9-15-45(36)62;1-22(41-34(45)11-7-8-12-35(46)51-4)36(47)42-23(2)37(48)43-27-14-24(19-39)13-25(15-27)21-52-33-18-30-29(17-32(33)50-3)38(49)44-28(20-40-30)16-26-9-5-6-10-31(26)44;1-22-16-7-12-13(8-15(16)20)18-9-11-6-10-4-2-3-5-14(10)19(11)17(12)21/h6-9,12-15,18-20,23-27,31-32,38-39,57H,10-11,16-17,21-22,28-30H2,1-5H3,(H,58,63)(H,59,65)(H,60,66);5-6,9-10,13-15,17-18,22-23,28,40H,7-8,11-12,16,19-21H2,1-4H3,(H,41,45)(H,42,47)(H,43,48);2-5,7-9,11,20H,6H2,1H3/t31-,32-,38-,39-;22-,23-,28-;11-/m000/s1. The molecular weight excluding hydrogens is 1900 g/mol. The Bertz CT molecular complexity index is 6850. The van der Waals surface area contributed by atoms with Crippen LogP contribution in [0, 0.1) is 0 Å². The number of rotatable bonds is 34. The van der Waals surface area contributed by atoms with Crippen molar-refractivity contribution >= 4 is 152 Å². The fourth-order valence-electron chi connectivity index (χ4n) is 19.0. The molecular formula is C110H115ClN14O22. The van der Waals surface area contributed by atoms with Crippen molar-refractivity contribution in [3.8, 4) is 46.0 Å². The van der Waals surface area contributed by atoms with E-state index in [1.807, 2.05) is 113 Å². The zero-order valence-corrected chi connectivity index (χ0v) is 83.7. The van der Waals surface area contributed by atoms with E-state index in [4.69, 9.17) is 49.8 Å². The first-order valence-electron chi connectivity index (χ1n) is 48.5. The highest BCUT2D eigenvalue weighted by atomic mass is 35.5. The largest absolute Gasteiger partial charge is 0.504 e. The molecule has 10 amide bonds. The lowest BCUT2D eigenvalue weighted by Gasteiger charge is -2.22. The first kappa shape index (κ1) is 103. The Balaban J connectivity index is 0.000000180. The molecule has 8 heterocycles. The first-order valence-corrected chi connectivity index (χ1v) is 49.0. The Kier molecular flexibility index (Phi) is 32.7. The molecule has 764 valence electrons. The van der Waals surface area contributed by atoms with Crippen molar-refractivity contribution in [2.75, 3.05) is 96.6 Å². The van der Waals surface area contributed by atoms with E-state index < -0.39 is 47.8 Å². The number of benzene rings is 10. The number of unbranched alkanes of at least 4 members (excludes halogenated alkanes) is 2. The van der Waals surface area contributed by atoms with E-state index in [0.717, 1.165) is 69.8 Å². The van der Waals surface area contributed by atoms with Gasteiger partial charge in [-0.25, -0.2) is 0 Å². The van der Waals surface area contributed by atoms with Gasteiger partial charge in [0.2, 0.25) is 35.4 Å². The number of alkyl halides is 1. The smallest absolute Gasteiger partial charge is 0.305 e. The van der Waals surface area contributed by atoms with Crippen LogP contribution in [0.2, 0.25) is 0 Å². The number of esters is 2. The predicted octanol–water partition coefficient (Wildman–Crippen LogP) is 14.2. The number of methoxy groups -OCH3 is 6. The number of hydrogen-bond donors (Lipinski definition) is 9. The topological polar surface area (TPSA) is 442 Å². The molecule has 0 aliphatic carbocycles. The minimum atomic E-state index is -1.02. The Morgan fingerprint density at radius 1 is 0.381 bits per heavy atom. The third kappa shape index (κ3) is 23.6. The van der Waals surface area contributed by atoms with Crippen molar-refractivity contribution < 1.29 is 105 Å². The zero-order chi connectivity index (χ0) is 104. The Hall–Kier alpha value is -16.5. The minimum absolute atomic E-state index is 0.00604. The number of fused-ring (bicyclic) bond motifs is 16. The van der Waals surface area contributed by atoms with Crippen molar-refractivity contribution in [3.05, 3.63) is 249 Å². The fourth-order valence-corrected chi connectivity index (χ4v) is 19.1. The van der Waals surface area contributed by atoms with Crippen molar-refractivity contribution in [1.82, 2.24) is 21.3 Å². The highest BCUT2D eigenvalue weighted by molar-refractivity contribution is 6.18. The van der Waals surface area contributed by atoms with Crippen LogP contribution in [-0.4, -0.2) is 193 Å². The summed E-state index contributed by atoms with van der Waals surface area (Å²) in [4.78, 5) is 171. The summed E-state index contributed by atoms with van der Waals surface area (Å²) in [6.45, 7) is 7.29. The summed E-state index contributed by atoms with van der Waals surface area (Å²) in [5.74, 6) is -1.43. The lowest BCUT2D eigenvalue weighted by molar-refractivity contribution is -0.141. The first-order chi connectivity index (χ1) is 71.0. The van der Waals surface area contributed by atoms with Gasteiger partial charge < -0.3 is 100 Å². The molecule has 18 rings (SSSR count). The summed E-state index contributed by atoms with van der Waals surface area (Å²) in [5.41, 5.74) is 15.5. The van der Waals surface area contributed by atoms with E-state index in [1.54, 1.807) is 89.0 Å². The molecule has 0 unspecified atom stereocenters. The summed E-state index contributed by atoms with van der Waals surface area (Å²) in [6, 6.07) is 51.3. The second-order valence-electron chi connectivity index (χ2n) is 36.6. The van der Waals surface area contributed by atoms with Crippen molar-refractivity contribution in [2.45, 2.75) is 179 Å². The van der Waals surface area contributed by atoms with Crippen LogP contribution >= 0.6 is 11.6 Å². The number of phenols is 1. The number of amides is 10. The van der Waals surface area contributed by atoms with Crippen molar-refractivity contribution in [3.63, 3.8) is 0 Å².